The van der Waals surface area contributed by atoms with Gasteiger partial charge in [0.05, 0.1) is 0 Å². The average molecular weight is 389 g/mol. The van der Waals surface area contributed by atoms with E-state index in [1.165, 1.54) is 0 Å². The fourth-order valence-electron chi connectivity index (χ4n) is 1.68. The summed E-state index contributed by atoms with van der Waals surface area (Å²) >= 11 is 15.1. The van der Waals surface area contributed by atoms with Gasteiger partial charge in [0.15, 0.2) is 6.61 Å². The number of halogens is 3. The second-order valence-corrected chi connectivity index (χ2v) is 6.13. The lowest BCUT2D eigenvalue weighted by Gasteiger charge is -2.09. The lowest BCUT2D eigenvalue weighted by Crippen LogP contribution is -2.20. The second kappa shape index (κ2) is 7.16. The molecule has 21 heavy (non-hydrogen) atoms. The Morgan fingerprint density at radius 1 is 1.19 bits per heavy atom. The topological polar surface area (TPSA) is 38.3 Å². The highest BCUT2D eigenvalue weighted by Gasteiger charge is 2.06. The van der Waals surface area contributed by atoms with Crippen LogP contribution in [0.5, 0.6) is 5.75 Å². The Morgan fingerprint density at radius 3 is 2.48 bits per heavy atom. The van der Waals surface area contributed by atoms with Gasteiger partial charge in [0.2, 0.25) is 0 Å². The molecular weight excluding hydrogens is 377 g/mol. The van der Waals surface area contributed by atoms with Gasteiger partial charge in [0.25, 0.3) is 5.91 Å². The summed E-state index contributed by atoms with van der Waals surface area (Å²) in [5.74, 6) is 0.351. The number of anilines is 1. The van der Waals surface area contributed by atoms with Crippen LogP contribution in [0.1, 0.15) is 5.56 Å². The standard InChI is InChI=1S/C15H12BrCl2NO2/c1-9-4-13(2-3-14(9)16)21-8-15(20)19-12-6-10(17)5-11(18)7-12/h2-7H,8H2,1H3,(H,19,20). The molecule has 0 unspecified atom stereocenters. The van der Waals surface area contributed by atoms with Gasteiger partial charge in [-0.15, -0.1) is 0 Å². The van der Waals surface area contributed by atoms with Gasteiger partial charge in [-0.3, -0.25) is 4.79 Å². The maximum absolute atomic E-state index is 11.8. The highest BCUT2D eigenvalue weighted by atomic mass is 79.9. The molecule has 0 aromatic heterocycles. The molecule has 3 nitrogen and oxygen atoms in total. The van der Waals surface area contributed by atoms with Crippen molar-refractivity contribution in [3.05, 3.63) is 56.5 Å². The van der Waals surface area contributed by atoms with Crippen LogP contribution in [-0.2, 0) is 4.79 Å². The molecule has 6 heteroatoms. The van der Waals surface area contributed by atoms with Crippen molar-refractivity contribution in [1.29, 1.82) is 0 Å². The monoisotopic (exact) mass is 387 g/mol. The third kappa shape index (κ3) is 4.92. The summed E-state index contributed by atoms with van der Waals surface area (Å²) in [4.78, 5) is 11.8. The van der Waals surface area contributed by atoms with E-state index in [4.69, 9.17) is 27.9 Å². The number of rotatable bonds is 4. The quantitative estimate of drug-likeness (QED) is 0.792. The van der Waals surface area contributed by atoms with Crippen molar-refractivity contribution < 1.29 is 9.53 Å². The molecule has 0 fully saturated rings. The number of amides is 1. The normalized spacial score (nSPS) is 10.3. The van der Waals surface area contributed by atoms with E-state index in [9.17, 15) is 4.79 Å². The number of carbonyl (C=O) groups excluding carboxylic acids is 1. The molecule has 2 aromatic carbocycles. The molecule has 0 spiro atoms. The SMILES string of the molecule is Cc1cc(OCC(=O)Nc2cc(Cl)cc(Cl)c2)ccc1Br. The first-order valence-corrected chi connectivity index (χ1v) is 7.64. The van der Waals surface area contributed by atoms with Crippen LogP contribution in [-0.4, -0.2) is 12.5 Å². The summed E-state index contributed by atoms with van der Waals surface area (Å²) in [5, 5.41) is 3.60. The molecule has 1 amide bonds. The zero-order valence-electron chi connectivity index (χ0n) is 11.1. The van der Waals surface area contributed by atoms with Gasteiger partial charge in [-0.25, -0.2) is 0 Å². The van der Waals surface area contributed by atoms with E-state index >= 15 is 0 Å². The first kappa shape index (κ1) is 16.1. The molecule has 0 aliphatic heterocycles. The Morgan fingerprint density at radius 2 is 1.86 bits per heavy atom. The van der Waals surface area contributed by atoms with E-state index in [0.717, 1.165) is 10.0 Å². The van der Waals surface area contributed by atoms with E-state index in [1.807, 2.05) is 19.1 Å². The van der Waals surface area contributed by atoms with Crippen molar-refractivity contribution in [3.8, 4) is 5.75 Å². The number of hydrogen-bond acceptors (Lipinski definition) is 2. The number of aryl methyl sites for hydroxylation is 1. The zero-order valence-corrected chi connectivity index (χ0v) is 14.2. The third-order valence-corrected chi connectivity index (χ3v) is 3.97. The Labute approximate surface area is 141 Å². The predicted molar refractivity (Wildman–Crippen MR) is 89.5 cm³/mol. The summed E-state index contributed by atoms with van der Waals surface area (Å²) in [6.07, 6.45) is 0. The minimum Gasteiger partial charge on any atom is -0.484 e. The smallest absolute Gasteiger partial charge is 0.262 e. The van der Waals surface area contributed by atoms with Gasteiger partial charge < -0.3 is 10.1 Å². The van der Waals surface area contributed by atoms with Crippen molar-refractivity contribution in [2.45, 2.75) is 6.92 Å². The van der Waals surface area contributed by atoms with E-state index in [2.05, 4.69) is 21.2 Å². The fraction of sp³-hybridized carbons (Fsp3) is 0.133. The molecule has 0 radical (unpaired) electrons. The van der Waals surface area contributed by atoms with Crippen molar-refractivity contribution in [1.82, 2.24) is 0 Å². The van der Waals surface area contributed by atoms with Crippen molar-refractivity contribution in [2.75, 3.05) is 11.9 Å². The van der Waals surface area contributed by atoms with Crippen molar-refractivity contribution >= 4 is 50.7 Å². The van der Waals surface area contributed by atoms with Crippen LogP contribution >= 0.6 is 39.1 Å². The predicted octanol–water partition coefficient (Wildman–Crippen LogP) is 5.08. The van der Waals surface area contributed by atoms with Gasteiger partial charge >= 0.3 is 0 Å². The Hall–Kier alpha value is -1.23. The highest BCUT2D eigenvalue weighted by molar-refractivity contribution is 9.10. The Kier molecular flexibility index (Phi) is 5.51. The van der Waals surface area contributed by atoms with E-state index in [-0.39, 0.29) is 12.5 Å². The average Bonchev–Trinajstić information content (AvgIpc) is 2.39. The molecule has 1 N–H and O–H groups in total. The summed E-state index contributed by atoms with van der Waals surface area (Å²) < 4.78 is 6.43. The molecule has 0 saturated carbocycles. The highest BCUT2D eigenvalue weighted by Crippen LogP contribution is 2.23. The van der Waals surface area contributed by atoms with Crippen LogP contribution in [0.3, 0.4) is 0 Å². The van der Waals surface area contributed by atoms with Gasteiger partial charge in [0.1, 0.15) is 5.75 Å². The summed E-state index contributed by atoms with van der Waals surface area (Å²) in [6.45, 7) is 1.86. The van der Waals surface area contributed by atoms with Gasteiger partial charge in [-0.1, -0.05) is 39.1 Å². The van der Waals surface area contributed by atoms with Gasteiger partial charge in [0, 0.05) is 20.2 Å². The van der Waals surface area contributed by atoms with E-state index < -0.39 is 0 Å². The van der Waals surface area contributed by atoms with Crippen LogP contribution in [0.2, 0.25) is 10.0 Å². The maximum atomic E-state index is 11.8. The number of ether oxygens (including phenoxy) is 1. The van der Waals surface area contributed by atoms with Gasteiger partial charge in [-0.05, 0) is 48.9 Å². The zero-order chi connectivity index (χ0) is 15.4. The summed E-state index contributed by atoms with van der Waals surface area (Å²) in [6, 6.07) is 10.4. The van der Waals surface area contributed by atoms with Crippen molar-refractivity contribution in [2.24, 2.45) is 0 Å². The Bertz CT molecular complexity index is 656. The van der Waals surface area contributed by atoms with Crippen LogP contribution in [0.4, 0.5) is 5.69 Å². The number of benzene rings is 2. The largest absolute Gasteiger partial charge is 0.484 e. The summed E-state index contributed by atoms with van der Waals surface area (Å²) in [7, 11) is 0. The molecule has 0 aliphatic carbocycles. The molecule has 2 rings (SSSR count). The van der Waals surface area contributed by atoms with E-state index in [1.54, 1.807) is 24.3 Å². The van der Waals surface area contributed by atoms with Crippen LogP contribution in [0.25, 0.3) is 0 Å². The number of hydrogen-bond donors (Lipinski definition) is 1. The second-order valence-electron chi connectivity index (χ2n) is 4.41. The fourth-order valence-corrected chi connectivity index (χ4v) is 2.45. The molecule has 0 heterocycles. The lowest BCUT2D eigenvalue weighted by molar-refractivity contribution is -0.118. The lowest BCUT2D eigenvalue weighted by atomic mass is 10.2. The number of nitrogens with one attached hydrogen (secondary N) is 1. The maximum Gasteiger partial charge on any atom is 0.262 e. The summed E-state index contributed by atoms with van der Waals surface area (Å²) in [5.41, 5.74) is 1.57. The first-order chi connectivity index (χ1) is 9.94. The molecule has 110 valence electrons. The van der Waals surface area contributed by atoms with Crippen molar-refractivity contribution in [3.63, 3.8) is 0 Å². The molecule has 0 atom stereocenters. The van der Waals surface area contributed by atoms with Gasteiger partial charge in [-0.2, -0.15) is 0 Å². The Balaban J connectivity index is 1.94. The first-order valence-electron chi connectivity index (χ1n) is 6.09. The molecular formula is C15H12BrCl2NO2. The van der Waals surface area contributed by atoms with Crippen LogP contribution in [0.15, 0.2) is 40.9 Å². The molecule has 0 saturated heterocycles. The third-order valence-electron chi connectivity index (χ3n) is 2.65. The van der Waals surface area contributed by atoms with Crippen LogP contribution < -0.4 is 10.1 Å². The van der Waals surface area contributed by atoms with E-state index in [0.29, 0.717) is 21.5 Å². The molecule has 0 aliphatic rings. The molecule has 2 aromatic rings. The minimum atomic E-state index is -0.283. The molecule has 0 bridgehead atoms. The number of carbonyl (C=O) groups is 1. The minimum absolute atomic E-state index is 0.0921. The van der Waals surface area contributed by atoms with Crippen LogP contribution in [0, 0.1) is 6.92 Å².